The summed E-state index contributed by atoms with van der Waals surface area (Å²) in [5, 5.41) is 2.12. The first kappa shape index (κ1) is 19.7. The van der Waals surface area contributed by atoms with E-state index >= 15 is 0 Å². The molecule has 1 aromatic rings. The Kier molecular flexibility index (Phi) is 5.75. The SMILES string of the molecule is CN(C(=O)COC(=O)C[C@@H]1Sc2ccccc2NC1=O)[C@@H]1CCS(=O)(=O)C1. The van der Waals surface area contributed by atoms with Gasteiger partial charge in [0.15, 0.2) is 16.4 Å². The number of para-hydroxylation sites is 1. The number of nitrogens with zero attached hydrogens (tertiary/aromatic N) is 1. The summed E-state index contributed by atoms with van der Waals surface area (Å²) >= 11 is 1.28. The fraction of sp³-hybridized carbons (Fsp3) is 0.471. The maximum atomic E-state index is 12.1. The van der Waals surface area contributed by atoms with Crippen LogP contribution in [0.15, 0.2) is 29.2 Å². The van der Waals surface area contributed by atoms with Gasteiger partial charge in [-0.15, -0.1) is 11.8 Å². The molecule has 2 amide bonds. The second-order valence-electron chi connectivity index (χ2n) is 6.52. The van der Waals surface area contributed by atoms with E-state index in [0.29, 0.717) is 12.1 Å². The van der Waals surface area contributed by atoms with E-state index in [4.69, 9.17) is 4.74 Å². The number of benzene rings is 1. The molecule has 0 saturated carbocycles. The van der Waals surface area contributed by atoms with Crippen LogP contribution in [0.25, 0.3) is 0 Å². The Morgan fingerprint density at radius 2 is 2.07 bits per heavy atom. The first-order chi connectivity index (χ1) is 12.7. The number of sulfone groups is 1. The molecule has 1 N–H and O–H groups in total. The number of hydrogen-bond donors (Lipinski definition) is 1. The second kappa shape index (κ2) is 7.89. The molecule has 0 aliphatic carbocycles. The molecule has 0 radical (unpaired) electrons. The van der Waals surface area contributed by atoms with Gasteiger partial charge in [-0.05, 0) is 18.6 Å². The number of carbonyl (C=O) groups is 3. The minimum atomic E-state index is -3.10. The van der Waals surface area contributed by atoms with E-state index in [1.165, 1.54) is 23.7 Å². The smallest absolute Gasteiger partial charge is 0.307 e. The molecule has 2 atom stereocenters. The van der Waals surface area contributed by atoms with Crippen molar-refractivity contribution < 1.29 is 27.5 Å². The van der Waals surface area contributed by atoms with Crippen LogP contribution in [-0.4, -0.2) is 67.6 Å². The number of hydrogen-bond acceptors (Lipinski definition) is 7. The molecule has 1 fully saturated rings. The van der Waals surface area contributed by atoms with E-state index < -0.39 is 39.6 Å². The Hall–Kier alpha value is -2.07. The lowest BCUT2D eigenvalue weighted by atomic mass is 10.2. The summed E-state index contributed by atoms with van der Waals surface area (Å²) in [6.07, 6.45) is 0.233. The van der Waals surface area contributed by atoms with Crippen molar-refractivity contribution in [1.29, 1.82) is 0 Å². The topological polar surface area (TPSA) is 110 Å². The monoisotopic (exact) mass is 412 g/mol. The lowest BCUT2D eigenvalue weighted by Crippen LogP contribution is -2.40. The van der Waals surface area contributed by atoms with E-state index in [9.17, 15) is 22.8 Å². The third kappa shape index (κ3) is 4.81. The van der Waals surface area contributed by atoms with Gasteiger partial charge in [0, 0.05) is 18.0 Å². The van der Waals surface area contributed by atoms with E-state index in [2.05, 4.69) is 5.32 Å². The third-order valence-corrected chi connectivity index (χ3v) is 7.59. The zero-order valence-electron chi connectivity index (χ0n) is 14.7. The van der Waals surface area contributed by atoms with Gasteiger partial charge in [-0.2, -0.15) is 0 Å². The molecule has 0 aromatic heterocycles. The van der Waals surface area contributed by atoms with Crippen molar-refractivity contribution in [2.24, 2.45) is 0 Å². The summed E-state index contributed by atoms with van der Waals surface area (Å²) in [4.78, 5) is 38.5. The van der Waals surface area contributed by atoms with Gasteiger partial charge in [-0.3, -0.25) is 14.4 Å². The molecule has 146 valence electrons. The van der Waals surface area contributed by atoms with Gasteiger partial charge in [-0.1, -0.05) is 12.1 Å². The van der Waals surface area contributed by atoms with E-state index in [1.54, 1.807) is 6.07 Å². The average Bonchev–Trinajstić information content (AvgIpc) is 2.99. The molecule has 0 spiro atoms. The van der Waals surface area contributed by atoms with Crippen LogP contribution in [0, 0.1) is 0 Å². The molecule has 0 unspecified atom stereocenters. The molecule has 2 aliphatic rings. The normalized spacial score (nSPS) is 23.2. The summed E-state index contributed by atoms with van der Waals surface area (Å²) in [7, 11) is -1.60. The number of amides is 2. The van der Waals surface area contributed by atoms with E-state index in [0.717, 1.165) is 4.90 Å². The van der Waals surface area contributed by atoms with Crippen molar-refractivity contribution in [2.75, 3.05) is 30.5 Å². The highest BCUT2D eigenvalue weighted by molar-refractivity contribution is 8.01. The maximum absolute atomic E-state index is 12.1. The predicted octanol–water partition coefficient (Wildman–Crippen LogP) is 0.678. The van der Waals surface area contributed by atoms with Crippen LogP contribution in [0.5, 0.6) is 0 Å². The molecule has 3 rings (SSSR count). The van der Waals surface area contributed by atoms with Crippen molar-refractivity contribution in [3.63, 3.8) is 0 Å². The Balaban J connectivity index is 1.48. The van der Waals surface area contributed by atoms with Crippen LogP contribution >= 0.6 is 11.8 Å². The summed E-state index contributed by atoms with van der Waals surface area (Å²) in [5.41, 5.74) is 0.709. The van der Waals surface area contributed by atoms with Gasteiger partial charge in [0.05, 0.1) is 28.9 Å². The standard InChI is InChI=1S/C17H20N2O6S2/c1-19(11-6-7-27(23,24)10-11)15(20)9-25-16(21)8-14-17(22)18-12-4-2-3-5-13(12)26-14/h2-5,11,14H,6-10H2,1H3,(H,18,22)/t11-,14+/m1/s1. The minimum absolute atomic E-state index is 0.0601. The predicted molar refractivity (Wildman–Crippen MR) is 100 cm³/mol. The van der Waals surface area contributed by atoms with Gasteiger partial charge in [0.25, 0.3) is 5.91 Å². The zero-order valence-corrected chi connectivity index (χ0v) is 16.3. The summed E-state index contributed by atoms with van der Waals surface area (Å²) in [6.45, 7) is -0.471. The highest BCUT2D eigenvalue weighted by atomic mass is 32.2. The Morgan fingerprint density at radius 3 is 2.78 bits per heavy atom. The molecule has 27 heavy (non-hydrogen) atoms. The zero-order chi connectivity index (χ0) is 19.6. The Morgan fingerprint density at radius 1 is 1.33 bits per heavy atom. The molecular formula is C17H20N2O6S2. The number of esters is 1. The summed E-state index contributed by atoms with van der Waals surface area (Å²) < 4.78 is 28.0. The number of rotatable bonds is 5. The van der Waals surface area contributed by atoms with Gasteiger partial charge in [0.1, 0.15) is 0 Å². The second-order valence-corrected chi connectivity index (χ2v) is 9.99. The molecule has 1 saturated heterocycles. The Labute approximate surface area is 161 Å². The van der Waals surface area contributed by atoms with Crippen LogP contribution in [-0.2, 0) is 29.0 Å². The molecule has 1 aromatic carbocycles. The average molecular weight is 412 g/mol. The van der Waals surface area contributed by atoms with Gasteiger partial charge in [0.2, 0.25) is 5.91 Å². The van der Waals surface area contributed by atoms with E-state index in [1.807, 2.05) is 18.2 Å². The molecule has 0 bridgehead atoms. The quantitative estimate of drug-likeness (QED) is 0.708. The van der Waals surface area contributed by atoms with Crippen LogP contribution in [0.3, 0.4) is 0 Å². The number of likely N-dealkylation sites (N-methyl/N-ethyl adjacent to an activating group) is 1. The fourth-order valence-electron chi connectivity index (χ4n) is 2.97. The number of anilines is 1. The van der Waals surface area contributed by atoms with Crippen molar-refractivity contribution in [3.8, 4) is 0 Å². The maximum Gasteiger partial charge on any atom is 0.307 e. The minimum Gasteiger partial charge on any atom is -0.456 e. The largest absolute Gasteiger partial charge is 0.456 e. The van der Waals surface area contributed by atoms with Crippen molar-refractivity contribution in [1.82, 2.24) is 4.90 Å². The highest BCUT2D eigenvalue weighted by Crippen LogP contribution is 2.36. The van der Waals surface area contributed by atoms with Crippen LogP contribution in [0.1, 0.15) is 12.8 Å². The number of fused-ring (bicyclic) bond motifs is 1. The van der Waals surface area contributed by atoms with Crippen LogP contribution < -0.4 is 5.32 Å². The van der Waals surface area contributed by atoms with Crippen LogP contribution in [0.2, 0.25) is 0 Å². The third-order valence-electron chi connectivity index (χ3n) is 4.56. The first-order valence-electron chi connectivity index (χ1n) is 8.43. The lowest BCUT2D eigenvalue weighted by Gasteiger charge is -2.24. The number of thioether (sulfide) groups is 1. The molecule has 2 heterocycles. The lowest BCUT2D eigenvalue weighted by molar-refractivity contribution is -0.152. The van der Waals surface area contributed by atoms with Crippen molar-refractivity contribution in [2.45, 2.75) is 29.0 Å². The highest BCUT2D eigenvalue weighted by Gasteiger charge is 2.33. The number of nitrogens with one attached hydrogen (secondary N) is 1. The van der Waals surface area contributed by atoms with Gasteiger partial charge < -0.3 is 15.0 Å². The number of carbonyl (C=O) groups excluding carboxylic acids is 3. The summed E-state index contributed by atoms with van der Waals surface area (Å²) in [5.74, 6) is -1.40. The molecule has 2 aliphatic heterocycles. The molecular weight excluding hydrogens is 392 g/mol. The summed E-state index contributed by atoms with van der Waals surface area (Å²) in [6, 6.07) is 6.90. The van der Waals surface area contributed by atoms with Crippen molar-refractivity contribution >= 4 is 45.1 Å². The van der Waals surface area contributed by atoms with Gasteiger partial charge in [-0.25, -0.2) is 8.42 Å². The first-order valence-corrected chi connectivity index (χ1v) is 11.1. The number of ether oxygens (including phenoxy) is 1. The molecule has 8 nitrogen and oxygen atoms in total. The fourth-order valence-corrected chi connectivity index (χ4v) is 5.84. The van der Waals surface area contributed by atoms with E-state index in [-0.39, 0.29) is 23.8 Å². The Bertz CT molecular complexity index is 870. The molecule has 10 heteroatoms. The van der Waals surface area contributed by atoms with Crippen LogP contribution in [0.4, 0.5) is 5.69 Å². The van der Waals surface area contributed by atoms with Crippen molar-refractivity contribution in [3.05, 3.63) is 24.3 Å². The van der Waals surface area contributed by atoms with Gasteiger partial charge >= 0.3 is 5.97 Å².